The summed E-state index contributed by atoms with van der Waals surface area (Å²) in [5, 5.41) is 6.31. The lowest BCUT2D eigenvalue weighted by molar-refractivity contribution is 0.0956. The van der Waals surface area contributed by atoms with E-state index in [1.54, 1.807) is 11.7 Å². The zero-order chi connectivity index (χ0) is 10.5. The molecular weight excluding hydrogens is 210 g/mol. The Morgan fingerprint density at radius 1 is 1.73 bits per heavy atom. The molecule has 0 radical (unpaired) electrons. The third kappa shape index (κ3) is 3.00. The van der Waals surface area contributed by atoms with Crippen LogP contribution in [0.25, 0.3) is 0 Å². The average molecular weight is 225 g/mol. The molecule has 2 heterocycles. The predicted molar refractivity (Wildman–Crippen MR) is 60.1 cm³/mol. The van der Waals surface area contributed by atoms with Gasteiger partial charge in [0, 0.05) is 12.6 Å². The van der Waals surface area contributed by atoms with Crippen molar-refractivity contribution < 1.29 is 4.79 Å². The Kier molecular flexibility index (Phi) is 3.69. The van der Waals surface area contributed by atoms with E-state index in [0.29, 0.717) is 10.9 Å². The summed E-state index contributed by atoms with van der Waals surface area (Å²) in [5.74, 6) is -0.00417. The Morgan fingerprint density at radius 2 is 2.67 bits per heavy atom. The van der Waals surface area contributed by atoms with Crippen molar-refractivity contribution in [2.24, 2.45) is 0 Å². The maximum Gasteiger partial charge on any atom is 0.262 e. The average Bonchev–Trinajstić information content (AvgIpc) is 2.90. The van der Waals surface area contributed by atoms with Gasteiger partial charge < -0.3 is 10.6 Å². The topological polar surface area (TPSA) is 54.0 Å². The molecule has 1 amide bonds. The maximum atomic E-state index is 11.5. The van der Waals surface area contributed by atoms with Crippen LogP contribution in [0.2, 0.25) is 0 Å². The fourth-order valence-corrected chi connectivity index (χ4v) is 2.31. The summed E-state index contributed by atoms with van der Waals surface area (Å²) >= 11 is 1.37. The quantitative estimate of drug-likeness (QED) is 0.804. The van der Waals surface area contributed by atoms with Crippen LogP contribution in [-0.2, 0) is 0 Å². The van der Waals surface area contributed by atoms with Gasteiger partial charge in [-0.15, -0.1) is 11.3 Å². The number of amides is 1. The van der Waals surface area contributed by atoms with Crippen LogP contribution in [0.4, 0.5) is 0 Å². The Labute approximate surface area is 93.1 Å². The van der Waals surface area contributed by atoms with Gasteiger partial charge >= 0.3 is 0 Å². The summed E-state index contributed by atoms with van der Waals surface area (Å²) in [5.41, 5.74) is 1.67. The standard InChI is InChI=1S/C10H15N3OS/c14-10(9-6-11-7-15-9)13-5-3-8-2-1-4-12-8/h6-8,12H,1-5H2,(H,13,14)/t8-/m0/s1. The molecular formula is C10H15N3OS. The number of carbonyl (C=O) groups is 1. The molecule has 0 saturated carbocycles. The third-order valence-electron chi connectivity index (χ3n) is 2.60. The number of hydrogen-bond acceptors (Lipinski definition) is 4. The molecule has 1 saturated heterocycles. The van der Waals surface area contributed by atoms with Gasteiger partial charge in [-0.05, 0) is 25.8 Å². The van der Waals surface area contributed by atoms with Crippen molar-refractivity contribution in [1.29, 1.82) is 0 Å². The highest BCUT2D eigenvalue weighted by Gasteiger charge is 2.14. The first-order valence-corrected chi connectivity index (χ1v) is 6.14. The lowest BCUT2D eigenvalue weighted by atomic mass is 10.1. The lowest BCUT2D eigenvalue weighted by Gasteiger charge is -2.09. The number of rotatable bonds is 4. The van der Waals surface area contributed by atoms with Gasteiger partial charge in [0.1, 0.15) is 4.88 Å². The number of aromatic nitrogens is 1. The van der Waals surface area contributed by atoms with Crippen LogP contribution in [0, 0.1) is 0 Å². The van der Waals surface area contributed by atoms with E-state index in [0.717, 1.165) is 19.5 Å². The highest BCUT2D eigenvalue weighted by Crippen LogP contribution is 2.08. The van der Waals surface area contributed by atoms with Crippen molar-refractivity contribution in [1.82, 2.24) is 15.6 Å². The largest absolute Gasteiger partial charge is 0.351 e. The normalized spacial score (nSPS) is 20.4. The predicted octanol–water partition coefficient (Wildman–Crippen LogP) is 1.01. The fourth-order valence-electron chi connectivity index (χ4n) is 1.78. The van der Waals surface area contributed by atoms with E-state index in [4.69, 9.17) is 0 Å². The summed E-state index contributed by atoms with van der Waals surface area (Å²) in [6, 6.07) is 0.590. The van der Waals surface area contributed by atoms with Gasteiger partial charge in [0.25, 0.3) is 5.91 Å². The van der Waals surface area contributed by atoms with Crippen LogP contribution in [0.5, 0.6) is 0 Å². The first-order chi connectivity index (χ1) is 7.36. The van der Waals surface area contributed by atoms with E-state index in [1.807, 2.05) is 0 Å². The Hall–Kier alpha value is -0.940. The molecule has 1 aromatic rings. The van der Waals surface area contributed by atoms with Crippen molar-refractivity contribution in [3.63, 3.8) is 0 Å². The first-order valence-electron chi connectivity index (χ1n) is 5.26. The van der Waals surface area contributed by atoms with Gasteiger partial charge in [-0.3, -0.25) is 9.78 Å². The maximum absolute atomic E-state index is 11.5. The molecule has 0 aromatic carbocycles. The Morgan fingerprint density at radius 3 is 3.33 bits per heavy atom. The highest BCUT2D eigenvalue weighted by molar-refractivity contribution is 7.11. The summed E-state index contributed by atoms with van der Waals surface area (Å²) in [6.45, 7) is 1.86. The summed E-state index contributed by atoms with van der Waals surface area (Å²) in [4.78, 5) is 16.1. The van der Waals surface area contributed by atoms with E-state index >= 15 is 0 Å². The van der Waals surface area contributed by atoms with Gasteiger partial charge in [-0.25, -0.2) is 0 Å². The van der Waals surface area contributed by atoms with E-state index < -0.39 is 0 Å². The first kappa shape index (κ1) is 10.6. The molecule has 0 aliphatic carbocycles. The van der Waals surface area contributed by atoms with Crippen LogP contribution in [0.1, 0.15) is 28.9 Å². The van der Waals surface area contributed by atoms with E-state index in [2.05, 4.69) is 15.6 Å². The number of carbonyl (C=O) groups excluding carboxylic acids is 1. The van der Waals surface area contributed by atoms with Crippen molar-refractivity contribution in [2.45, 2.75) is 25.3 Å². The number of thiazole rings is 1. The minimum absolute atomic E-state index is 0.00417. The van der Waals surface area contributed by atoms with Crippen molar-refractivity contribution in [2.75, 3.05) is 13.1 Å². The molecule has 1 fully saturated rings. The van der Waals surface area contributed by atoms with Gasteiger partial charge in [-0.1, -0.05) is 0 Å². The van der Waals surface area contributed by atoms with Gasteiger partial charge in [0.05, 0.1) is 11.7 Å². The van der Waals surface area contributed by atoms with Crippen LogP contribution >= 0.6 is 11.3 Å². The summed E-state index contributed by atoms with van der Waals surface area (Å²) in [7, 11) is 0. The molecule has 0 unspecified atom stereocenters. The molecule has 1 aliphatic rings. The number of nitrogens with zero attached hydrogens (tertiary/aromatic N) is 1. The third-order valence-corrected chi connectivity index (χ3v) is 3.37. The molecule has 4 nitrogen and oxygen atoms in total. The molecule has 0 spiro atoms. The van der Waals surface area contributed by atoms with Crippen molar-refractivity contribution in [3.05, 3.63) is 16.6 Å². The molecule has 15 heavy (non-hydrogen) atoms. The van der Waals surface area contributed by atoms with Gasteiger partial charge in [0.15, 0.2) is 0 Å². The zero-order valence-electron chi connectivity index (χ0n) is 8.53. The van der Waals surface area contributed by atoms with Gasteiger partial charge in [0.2, 0.25) is 0 Å². The fraction of sp³-hybridized carbons (Fsp3) is 0.600. The van der Waals surface area contributed by atoms with Crippen molar-refractivity contribution >= 4 is 17.2 Å². The Bertz CT molecular complexity index is 306. The molecule has 1 aliphatic heterocycles. The SMILES string of the molecule is O=C(NCC[C@@H]1CCCN1)c1cncs1. The molecule has 2 rings (SSSR count). The monoisotopic (exact) mass is 225 g/mol. The summed E-state index contributed by atoms with van der Waals surface area (Å²) < 4.78 is 0. The van der Waals surface area contributed by atoms with Gasteiger partial charge in [-0.2, -0.15) is 0 Å². The second-order valence-corrected chi connectivity index (χ2v) is 4.59. The van der Waals surface area contributed by atoms with E-state index in [-0.39, 0.29) is 5.91 Å². The molecule has 2 N–H and O–H groups in total. The zero-order valence-corrected chi connectivity index (χ0v) is 9.35. The van der Waals surface area contributed by atoms with Crippen LogP contribution < -0.4 is 10.6 Å². The van der Waals surface area contributed by atoms with E-state index in [9.17, 15) is 4.79 Å². The molecule has 1 atom stereocenters. The summed E-state index contributed by atoms with van der Waals surface area (Å²) in [6.07, 6.45) is 5.11. The van der Waals surface area contributed by atoms with E-state index in [1.165, 1.54) is 24.2 Å². The molecule has 82 valence electrons. The highest BCUT2D eigenvalue weighted by atomic mass is 32.1. The smallest absolute Gasteiger partial charge is 0.262 e. The van der Waals surface area contributed by atoms with Crippen molar-refractivity contribution in [3.8, 4) is 0 Å². The van der Waals surface area contributed by atoms with Crippen LogP contribution in [0.15, 0.2) is 11.7 Å². The van der Waals surface area contributed by atoms with Crippen LogP contribution in [0.3, 0.4) is 0 Å². The number of hydrogen-bond donors (Lipinski definition) is 2. The number of nitrogens with one attached hydrogen (secondary N) is 2. The minimum Gasteiger partial charge on any atom is -0.351 e. The molecule has 5 heteroatoms. The molecule has 1 aromatic heterocycles. The minimum atomic E-state index is -0.00417. The second-order valence-electron chi connectivity index (χ2n) is 3.70. The van der Waals surface area contributed by atoms with Crippen LogP contribution in [-0.4, -0.2) is 30.0 Å². The molecule has 0 bridgehead atoms. The lowest BCUT2D eigenvalue weighted by Crippen LogP contribution is -2.30. The Balaban J connectivity index is 1.67. The second kappa shape index (κ2) is 5.23.